The predicted molar refractivity (Wildman–Crippen MR) is 114 cm³/mol. The first-order valence-corrected chi connectivity index (χ1v) is 11.2. The third-order valence-electron chi connectivity index (χ3n) is 5.74. The lowest BCUT2D eigenvalue weighted by molar-refractivity contribution is -0.152. The lowest BCUT2D eigenvalue weighted by atomic mass is 10.1. The molecule has 7 nitrogen and oxygen atoms in total. The van der Waals surface area contributed by atoms with Crippen LogP contribution in [0.5, 0.6) is 0 Å². The zero-order valence-corrected chi connectivity index (χ0v) is 18.2. The second kappa shape index (κ2) is 10.1. The number of methoxy groups -OCH3 is 1. The SMILES string of the molecule is COC(=O)[C@@H]1CC[C@@H]2CCC[C@H](NC(=O)[C@H](Cc3ccccc3)SC(C)=O)C(=O)N21. The summed E-state index contributed by atoms with van der Waals surface area (Å²) in [7, 11) is 1.32. The number of ether oxygens (including phenoxy) is 1. The maximum atomic E-state index is 13.2. The van der Waals surface area contributed by atoms with Crippen LogP contribution >= 0.6 is 11.8 Å². The summed E-state index contributed by atoms with van der Waals surface area (Å²) in [5, 5.41) is 2.10. The van der Waals surface area contributed by atoms with Crippen molar-refractivity contribution < 1.29 is 23.9 Å². The molecule has 1 N–H and O–H groups in total. The van der Waals surface area contributed by atoms with Gasteiger partial charge in [0.25, 0.3) is 0 Å². The second-order valence-electron chi connectivity index (χ2n) is 7.80. The molecule has 0 saturated carbocycles. The average Bonchev–Trinajstić information content (AvgIpc) is 3.09. The van der Waals surface area contributed by atoms with Crippen LogP contribution in [0, 0.1) is 0 Å². The number of nitrogens with one attached hydrogen (secondary N) is 1. The minimum atomic E-state index is -0.696. The van der Waals surface area contributed by atoms with E-state index in [4.69, 9.17) is 4.74 Å². The van der Waals surface area contributed by atoms with Crippen LogP contribution in [0.2, 0.25) is 0 Å². The van der Waals surface area contributed by atoms with E-state index in [1.165, 1.54) is 14.0 Å². The van der Waals surface area contributed by atoms with Crippen molar-refractivity contribution >= 4 is 34.7 Å². The van der Waals surface area contributed by atoms with Crippen molar-refractivity contribution in [1.82, 2.24) is 10.2 Å². The number of nitrogens with zero attached hydrogens (tertiary/aromatic N) is 1. The summed E-state index contributed by atoms with van der Waals surface area (Å²) < 4.78 is 4.88. The van der Waals surface area contributed by atoms with Gasteiger partial charge in [-0.05, 0) is 44.1 Å². The van der Waals surface area contributed by atoms with Crippen LogP contribution in [-0.4, -0.2) is 58.3 Å². The molecule has 0 aromatic heterocycles. The van der Waals surface area contributed by atoms with Crippen LogP contribution in [0.3, 0.4) is 0 Å². The Morgan fingerprint density at radius 2 is 1.90 bits per heavy atom. The van der Waals surface area contributed by atoms with Crippen LogP contribution in [0.1, 0.15) is 44.6 Å². The summed E-state index contributed by atoms with van der Waals surface area (Å²) in [6, 6.07) is 8.22. The monoisotopic (exact) mass is 432 g/mol. The Morgan fingerprint density at radius 1 is 1.17 bits per heavy atom. The molecular weight excluding hydrogens is 404 g/mol. The van der Waals surface area contributed by atoms with Gasteiger partial charge < -0.3 is 15.0 Å². The molecule has 8 heteroatoms. The lowest BCUT2D eigenvalue weighted by Crippen LogP contribution is -2.54. The van der Waals surface area contributed by atoms with Gasteiger partial charge in [-0.2, -0.15) is 0 Å². The Morgan fingerprint density at radius 3 is 2.57 bits per heavy atom. The summed E-state index contributed by atoms with van der Waals surface area (Å²) in [4.78, 5) is 51.7. The Hall–Kier alpha value is -2.35. The van der Waals surface area contributed by atoms with Crippen LogP contribution in [0.15, 0.2) is 30.3 Å². The summed E-state index contributed by atoms with van der Waals surface area (Å²) in [6.07, 6.45) is 3.86. The Labute approximate surface area is 180 Å². The van der Waals surface area contributed by atoms with E-state index in [2.05, 4.69) is 5.32 Å². The van der Waals surface area contributed by atoms with Gasteiger partial charge in [0.2, 0.25) is 11.8 Å². The molecule has 2 aliphatic heterocycles. The molecule has 3 rings (SSSR count). The lowest BCUT2D eigenvalue weighted by Gasteiger charge is -2.30. The fourth-order valence-corrected chi connectivity index (χ4v) is 5.19. The van der Waals surface area contributed by atoms with E-state index in [-0.39, 0.29) is 23.0 Å². The minimum Gasteiger partial charge on any atom is -0.467 e. The van der Waals surface area contributed by atoms with Crippen molar-refractivity contribution in [2.75, 3.05) is 7.11 Å². The molecule has 0 spiro atoms. The van der Waals surface area contributed by atoms with E-state index in [1.807, 2.05) is 30.3 Å². The van der Waals surface area contributed by atoms with Gasteiger partial charge in [-0.25, -0.2) is 4.79 Å². The van der Waals surface area contributed by atoms with Crippen molar-refractivity contribution in [2.45, 2.75) is 68.8 Å². The molecule has 30 heavy (non-hydrogen) atoms. The zero-order valence-electron chi connectivity index (χ0n) is 17.3. The highest BCUT2D eigenvalue weighted by Crippen LogP contribution is 2.32. The van der Waals surface area contributed by atoms with E-state index in [0.29, 0.717) is 19.3 Å². The number of thioether (sulfide) groups is 1. The summed E-state index contributed by atoms with van der Waals surface area (Å²) in [5.41, 5.74) is 0.948. The molecule has 0 unspecified atom stereocenters. The normalized spacial score (nSPS) is 24.5. The second-order valence-corrected chi connectivity index (χ2v) is 9.18. The van der Waals surface area contributed by atoms with E-state index in [0.717, 1.165) is 36.6 Å². The molecular formula is C22H28N2O5S. The van der Waals surface area contributed by atoms with E-state index < -0.39 is 23.3 Å². The highest BCUT2D eigenvalue weighted by Gasteiger charge is 2.45. The quantitative estimate of drug-likeness (QED) is 0.692. The Balaban J connectivity index is 1.73. The first-order valence-electron chi connectivity index (χ1n) is 10.3. The topological polar surface area (TPSA) is 92.8 Å². The molecule has 2 heterocycles. The predicted octanol–water partition coefficient (Wildman–Crippen LogP) is 2.08. The number of carbonyl (C=O) groups excluding carboxylic acids is 4. The maximum Gasteiger partial charge on any atom is 0.328 e. The van der Waals surface area contributed by atoms with Gasteiger partial charge in [0.15, 0.2) is 5.12 Å². The molecule has 1 aromatic carbocycles. The highest BCUT2D eigenvalue weighted by molar-refractivity contribution is 8.14. The van der Waals surface area contributed by atoms with Crippen molar-refractivity contribution in [3.8, 4) is 0 Å². The minimum absolute atomic E-state index is 0.00946. The highest BCUT2D eigenvalue weighted by atomic mass is 32.2. The fraction of sp³-hybridized carbons (Fsp3) is 0.545. The zero-order chi connectivity index (χ0) is 21.7. The fourth-order valence-electron chi connectivity index (χ4n) is 4.34. The van der Waals surface area contributed by atoms with Gasteiger partial charge in [-0.15, -0.1) is 0 Å². The number of esters is 1. The van der Waals surface area contributed by atoms with Crippen LogP contribution < -0.4 is 5.32 Å². The molecule has 2 saturated heterocycles. The molecule has 2 aliphatic rings. The molecule has 4 atom stereocenters. The number of carbonyl (C=O) groups is 4. The third kappa shape index (κ3) is 5.22. The summed E-state index contributed by atoms with van der Waals surface area (Å²) in [6.45, 7) is 1.43. The Kier molecular flexibility index (Phi) is 7.53. The number of fused-ring (bicyclic) bond motifs is 1. The van der Waals surface area contributed by atoms with E-state index in [1.54, 1.807) is 4.90 Å². The van der Waals surface area contributed by atoms with Crippen LogP contribution in [0.25, 0.3) is 0 Å². The average molecular weight is 433 g/mol. The van der Waals surface area contributed by atoms with Crippen LogP contribution in [0.4, 0.5) is 0 Å². The van der Waals surface area contributed by atoms with Crippen LogP contribution in [-0.2, 0) is 30.3 Å². The van der Waals surface area contributed by atoms with Crippen molar-refractivity contribution in [3.05, 3.63) is 35.9 Å². The molecule has 0 radical (unpaired) electrons. The summed E-state index contributed by atoms with van der Waals surface area (Å²) in [5.74, 6) is -0.971. The first-order chi connectivity index (χ1) is 14.4. The smallest absolute Gasteiger partial charge is 0.328 e. The third-order valence-corrected chi connectivity index (χ3v) is 6.74. The largest absolute Gasteiger partial charge is 0.467 e. The molecule has 0 bridgehead atoms. The standard InChI is InChI=1S/C22H28N2O5S/c1-14(25)30-19(13-15-7-4-3-5-8-15)20(26)23-17-10-6-9-16-11-12-18(22(28)29-2)24(16)21(17)27/h3-5,7-8,16-19H,6,9-13H2,1-2H3,(H,23,26)/t16-,17-,18-,19-/m0/s1. The number of amides is 2. The van der Waals surface area contributed by atoms with Gasteiger partial charge in [0.05, 0.1) is 12.4 Å². The van der Waals surface area contributed by atoms with Gasteiger partial charge in [0, 0.05) is 13.0 Å². The Bertz CT molecular complexity index is 800. The van der Waals surface area contributed by atoms with Gasteiger partial charge in [-0.3, -0.25) is 14.4 Å². The molecule has 2 fully saturated rings. The maximum absolute atomic E-state index is 13.2. The van der Waals surface area contributed by atoms with Gasteiger partial charge >= 0.3 is 5.97 Å². The van der Waals surface area contributed by atoms with Gasteiger partial charge in [0.1, 0.15) is 12.1 Å². The number of hydrogen-bond acceptors (Lipinski definition) is 6. The summed E-state index contributed by atoms with van der Waals surface area (Å²) >= 11 is 0.976. The first kappa shape index (κ1) is 22.3. The van der Waals surface area contributed by atoms with Crippen molar-refractivity contribution in [1.29, 1.82) is 0 Å². The van der Waals surface area contributed by atoms with Crippen molar-refractivity contribution in [2.24, 2.45) is 0 Å². The van der Waals surface area contributed by atoms with Gasteiger partial charge in [-0.1, -0.05) is 42.1 Å². The van der Waals surface area contributed by atoms with E-state index in [9.17, 15) is 19.2 Å². The number of benzene rings is 1. The molecule has 2 amide bonds. The molecule has 162 valence electrons. The van der Waals surface area contributed by atoms with Crippen molar-refractivity contribution in [3.63, 3.8) is 0 Å². The molecule has 1 aromatic rings. The van der Waals surface area contributed by atoms with E-state index >= 15 is 0 Å². The molecule has 0 aliphatic carbocycles. The number of rotatable bonds is 6. The number of hydrogen-bond donors (Lipinski definition) is 1.